The number of anilines is 2. The number of carbonyl (C=O) groups is 3. The molecule has 2 aromatic heterocycles. The molecule has 4 aliphatic rings. The number of fused-ring (bicyclic) bond motifs is 2. The zero-order valence-electron chi connectivity index (χ0n) is 46.7. The van der Waals surface area contributed by atoms with Gasteiger partial charge in [-0.3, -0.25) is 24.2 Å². The standard InChI is InChI=1S/C59H77N11O8S/c1-38(40-15-17-42(18-16-40)53-39(2)61-37-79-53)62-56(73)51-30-45(71)32-70(51)57(74)54(59(3,4)5)64-52(72)36-76-26-25-75-27-28-77-46-29-44(67(7)33-46)35-78-58-63-49-34-68(50-14-10-12-41-11-8-9-13-47(41)50)22-20-48(49)55(65-58)69-24-23-66(6)43(31-69)19-21-60/h8-18,37-38,43-46,51,54,71H,19-20,22-36H2,1-7H3,(H,62,73)(H,64,72)/t38-,43-,44-,45+,46+,51-,54+/m0/s1. The highest BCUT2D eigenvalue weighted by molar-refractivity contribution is 7.13. The number of nitrogens with one attached hydrogen (secondary N) is 2. The largest absolute Gasteiger partial charge is 0.462 e. The molecule has 3 N–H and O–H groups in total. The number of hydrogen-bond acceptors (Lipinski definition) is 17. The number of likely N-dealkylation sites (N-methyl/N-ethyl adjacent to an activating group) is 2. The highest BCUT2D eigenvalue weighted by atomic mass is 32.1. The van der Waals surface area contributed by atoms with Gasteiger partial charge in [0, 0.05) is 74.4 Å². The number of rotatable bonds is 21. The fourth-order valence-electron chi connectivity index (χ4n) is 11.3. The second-order valence-corrected chi connectivity index (χ2v) is 23.4. The van der Waals surface area contributed by atoms with Crippen molar-refractivity contribution in [2.24, 2.45) is 5.41 Å². The summed E-state index contributed by atoms with van der Waals surface area (Å²) in [6.45, 7) is 15.2. The summed E-state index contributed by atoms with van der Waals surface area (Å²) < 4.78 is 24.2. The van der Waals surface area contributed by atoms with E-state index in [0.717, 1.165) is 77.8 Å². The molecule has 0 spiro atoms. The lowest BCUT2D eigenvalue weighted by Crippen LogP contribution is -2.58. The van der Waals surface area contributed by atoms with Crippen LogP contribution in [-0.2, 0) is 41.6 Å². The lowest BCUT2D eigenvalue weighted by Gasteiger charge is -2.41. The summed E-state index contributed by atoms with van der Waals surface area (Å²) >= 11 is 1.58. The number of likely N-dealkylation sites (tertiary alicyclic amines) is 2. The Hall–Kier alpha value is -6.31. The molecule has 0 unspecified atom stereocenters. The molecule has 20 heteroatoms. The van der Waals surface area contributed by atoms with Crippen LogP contribution in [0, 0.1) is 23.7 Å². The fourth-order valence-corrected chi connectivity index (χ4v) is 12.1. The van der Waals surface area contributed by atoms with Crippen molar-refractivity contribution in [1.82, 2.24) is 40.3 Å². The number of β-amino-alcohol motifs (C(OH)–C–C–N with tert-alkyl or cyclic N) is 1. The van der Waals surface area contributed by atoms with Crippen LogP contribution in [0.2, 0.25) is 0 Å². The molecule has 422 valence electrons. The van der Waals surface area contributed by atoms with Gasteiger partial charge in [-0.1, -0.05) is 81.4 Å². The molecule has 3 fully saturated rings. The first kappa shape index (κ1) is 57.4. The van der Waals surface area contributed by atoms with Gasteiger partial charge in [-0.05, 0) is 68.8 Å². The number of nitriles is 1. The van der Waals surface area contributed by atoms with E-state index in [0.29, 0.717) is 45.3 Å². The van der Waals surface area contributed by atoms with Crippen LogP contribution in [0.3, 0.4) is 0 Å². The third-order valence-corrected chi connectivity index (χ3v) is 16.8. The molecule has 5 aromatic rings. The average molecular weight is 1100 g/mol. The molecule has 3 aromatic carbocycles. The molecular weight excluding hydrogens is 1020 g/mol. The number of aliphatic hydroxyl groups excluding tert-OH is 1. The fraction of sp³-hybridized carbons (Fsp3) is 0.542. The van der Waals surface area contributed by atoms with Crippen molar-refractivity contribution in [1.29, 1.82) is 5.26 Å². The lowest BCUT2D eigenvalue weighted by atomic mass is 9.85. The first-order chi connectivity index (χ1) is 38.0. The molecule has 9 rings (SSSR count). The van der Waals surface area contributed by atoms with Crippen molar-refractivity contribution in [3.05, 3.63) is 94.8 Å². The van der Waals surface area contributed by atoms with Gasteiger partial charge in [0.2, 0.25) is 17.7 Å². The second kappa shape index (κ2) is 25.9. The number of nitrogens with zero attached hydrogens (tertiary/aromatic N) is 9. The van der Waals surface area contributed by atoms with Crippen LogP contribution in [0.1, 0.15) is 75.5 Å². The Kier molecular flexibility index (Phi) is 18.8. The Labute approximate surface area is 468 Å². The molecule has 4 aliphatic heterocycles. The summed E-state index contributed by atoms with van der Waals surface area (Å²) in [7, 11) is 4.16. The van der Waals surface area contributed by atoms with E-state index in [1.165, 1.54) is 21.4 Å². The SMILES string of the molecule is Cc1ncsc1-c1ccc([C@H](C)NC(=O)[C@@H]2C[C@@H](O)CN2C(=O)[C@@H](NC(=O)COCCOCCO[C@@H]2C[C@@H](COc3nc4c(c(N5CCN(C)[C@@H](CC#N)C5)n3)CCN(c3cccc5ccccc35)C4)N(C)C2)C(C)(C)C)cc1. The van der Waals surface area contributed by atoms with Crippen molar-refractivity contribution >= 4 is 51.3 Å². The third kappa shape index (κ3) is 14.0. The number of thiazole rings is 1. The maximum atomic E-state index is 14.2. The summed E-state index contributed by atoms with van der Waals surface area (Å²) in [5.74, 6) is -0.382. The molecule has 19 nitrogen and oxygen atoms in total. The van der Waals surface area contributed by atoms with E-state index in [9.17, 15) is 24.8 Å². The molecule has 0 saturated carbocycles. The first-order valence-corrected chi connectivity index (χ1v) is 28.6. The van der Waals surface area contributed by atoms with E-state index in [4.69, 9.17) is 28.9 Å². The summed E-state index contributed by atoms with van der Waals surface area (Å²) in [5, 5.41) is 28.6. The molecule has 7 atom stereocenters. The third-order valence-electron chi connectivity index (χ3n) is 15.8. The van der Waals surface area contributed by atoms with E-state index in [2.05, 4.69) is 97.8 Å². The predicted molar refractivity (Wildman–Crippen MR) is 304 cm³/mol. The minimum absolute atomic E-state index is 0.0167. The van der Waals surface area contributed by atoms with Gasteiger partial charge in [0.25, 0.3) is 0 Å². The van der Waals surface area contributed by atoms with Gasteiger partial charge in [-0.2, -0.15) is 15.2 Å². The van der Waals surface area contributed by atoms with Crippen molar-refractivity contribution in [3.8, 4) is 22.5 Å². The number of amides is 3. The Bertz CT molecular complexity index is 2940. The van der Waals surface area contributed by atoms with Crippen LogP contribution in [0.5, 0.6) is 6.01 Å². The number of aliphatic hydroxyl groups is 1. The molecule has 79 heavy (non-hydrogen) atoms. The Morgan fingerprint density at radius 1 is 0.873 bits per heavy atom. The molecule has 0 bridgehead atoms. The van der Waals surface area contributed by atoms with E-state index >= 15 is 0 Å². The van der Waals surface area contributed by atoms with Gasteiger partial charge in [-0.25, -0.2) is 4.98 Å². The first-order valence-electron chi connectivity index (χ1n) is 27.7. The molecule has 3 saturated heterocycles. The number of aryl methyl sites for hydroxylation is 1. The molecule has 6 heterocycles. The van der Waals surface area contributed by atoms with Crippen LogP contribution >= 0.6 is 11.3 Å². The van der Waals surface area contributed by atoms with Gasteiger partial charge in [0.05, 0.1) is 85.5 Å². The number of benzene rings is 3. The lowest BCUT2D eigenvalue weighted by molar-refractivity contribution is -0.144. The van der Waals surface area contributed by atoms with Crippen molar-refractivity contribution in [3.63, 3.8) is 0 Å². The highest BCUT2D eigenvalue weighted by Gasteiger charge is 2.45. The summed E-state index contributed by atoms with van der Waals surface area (Å²) in [5.41, 5.74) is 7.32. The molecule has 3 amide bonds. The van der Waals surface area contributed by atoms with Crippen LogP contribution in [-0.4, -0.2) is 182 Å². The Morgan fingerprint density at radius 2 is 1.65 bits per heavy atom. The van der Waals surface area contributed by atoms with Gasteiger partial charge >= 0.3 is 6.01 Å². The minimum Gasteiger partial charge on any atom is -0.462 e. The van der Waals surface area contributed by atoms with Crippen molar-refractivity contribution in [2.45, 2.75) is 109 Å². The normalized spacial score (nSPS) is 21.7. The molecule has 0 radical (unpaired) electrons. The van der Waals surface area contributed by atoms with E-state index in [1.54, 1.807) is 11.3 Å². The molecule has 0 aliphatic carbocycles. The highest BCUT2D eigenvalue weighted by Crippen LogP contribution is 2.36. The predicted octanol–water partition coefficient (Wildman–Crippen LogP) is 5.53. The van der Waals surface area contributed by atoms with E-state index in [-0.39, 0.29) is 62.9 Å². The molecular formula is C59H77N11O8S. The number of ether oxygens (including phenoxy) is 4. The van der Waals surface area contributed by atoms with Crippen LogP contribution in [0.25, 0.3) is 21.2 Å². The van der Waals surface area contributed by atoms with Crippen molar-refractivity contribution in [2.75, 3.05) is 103 Å². The maximum Gasteiger partial charge on any atom is 0.318 e. The van der Waals surface area contributed by atoms with Gasteiger partial charge in [0.1, 0.15) is 31.1 Å². The monoisotopic (exact) mass is 1100 g/mol. The van der Waals surface area contributed by atoms with Crippen molar-refractivity contribution < 1.29 is 38.4 Å². The van der Waals surface area contributed by atoms with Crippen LogP contribution in [0.15, 0.2) is 72.2 Å². The summed E-state index contributed by atoms with van der Waals surface area (Å²) in [4.78, 5) is 67.3. The van der Waals surface area contributed by atoms with Crippen LogP contribution in [0.4, 0.5) is 11.5 Å². The summed E-state index contributed by atoms with van der Waals surface area (Å²) in [6.07, 6.45) is 1.21. The van der Waals surface area contributed by atoms with Crippen LogP contribution < -0.4 is 25.2 Å². The zero-order chi connectivity index (χ0) is 55.8. The Morgan fingerprint density at radius 3 is 2.42 bits per heavy atom. The summed E-state index contributed by atoms with van der Waals surface area (Å²) in [6, 6.07) is 23.6. The number of hydrogen-bond donors (Lipinski definition) is 3. The number of carbonyl (C=O) groups excluding carboxylic acids is 3. The second-order valence-electron chi connectivity index (χ2n) is 22.5. The number of piperazine rings is 1. The van der Waals surface area contributed by atoms with E-state index < -0.39 is 35.4 Å². The average Bonchev–Trinajstić information content (AvgIpc) is 4.30. The minimum atomic E-state index is -0.978. The maximum absolute atomic E-state index is 14.2. The van der Waals surface area contributed by atoms with Gasteiger partial charge < -0.3 is 49.4 Å². The quantitative estimate of drug-likeness (QED) is 0.0772. The topological polar surface area (TPSA) is 211 Å². The zero-order valence-corrected chi connectivity index (χ0v) is 47.5. The smallest absolute Gasteiger partial charge is 0.318 e. The van der Waals surface area contributed by atoms with Gasteiger partial charge in [0.15, 0.2) is 0 Å². The Balaban J connectivity index is 0.708. The number of aromatic nitrogens is 3. The van der Waals surface area contributed by atoms with Gasteiger partial charge in [-0.15, -0.1) is 11.3 Å². The van der Waals surface area contributed by atoms with E-state index in [1.807, 2.05) is 64.4 Å².